The maximum Gasteiger partial charge on any atom is 0.246 e. The molecular formula is C16H26N2O2. The highest BCUT2D eigenvalue weighted by molar-refractivity contribution is 6.00. The Bertz CT molecular complexity index is 409. The normalized spacial score (nSPS) is 29.4. The Balaban J connectivity index is 1.84. The molecule has 2 amide bonds. The van der Waals surface area contributed by atoms with E-state index in [1.807, 2.05) is 4.90 Å². The lowest BCUT2D eigenvalue weighted by Crippen LogP contribution is -2.70. The van der Waals surface area contributed by atoms with Crippen molar-refractivity contribution in [2.75, 3.05) is 6.54 Å². The van der Waals surface area contributed by atoms with Crippen molar-refractivity contribution in [1.29, 1.82) is 0 Å². The maximum absolute atomic E-state index is 12.8. The molecule has 3 fully saturated rings. The highest BCUT2D eigenvalue weighted by Crippen LogP contribution is 2.42. The molecule has 1 N–H and O–H groups in total. The Morgan fingerprint density at radius 3 is 2.45 bits per heavy atom. The zero-order valence-corrected chi connectivity index (χ0v) is 12.7. The van der Waals surface area contributed by atoms with Crippen molar-refractivity contribution in [2.45, 2.75) is 70.4 Å². The van der Waals surface area contributed by atoms with E-state index in [0.29, 0.717) is 11.8 Å². The van der Waals surface area contributed by atoms with Crippen LogP contribution in [-0.2, 0) is 9.59 Å². The second-order valence-corrected chi connectivity index (χ2v) is 7.20. The first-order chi connectivity index (χ1) is 9.54. The third-order valence-corrected chi connectivity index (χ3v) is 5.21. The summed E-state index contributed by atoms with van der Waals surface area (Å²) in [4.78, 5) is 27.5. The minimum absolute atomic E-state index is 0.121. The van der Waals surface area contributed by atoms with Crippen LogP contribution in [-0.4, -0.2) is 34.8 Å². The first-order valence-electron chi connectivity index (χ1n) is 8.17. The van der Waals surface area contributed by atoms with Crippen molar-refractivity contribution in [1.82, 2.24) is 10.2 Å². The number of nitrogens with zero attached hydrogens (tertiary/aromatic N) is 1. The van der Waals surface area contributed by atoms with E-state index in [1.54, 1.807) is 0 Å². The van der Waals surface area contributed by atoms with Gasteiger partial charge < -0.3 is 10.2 Å². The molecule has 4 nitrogen and oxygen atoms in total. The summed E-state index contributed by atoms with van der Waals surface area (Å²) >= 11 is 0. The molecule has 20 heavy (non-hydrogen) atoms. The standard InChI is InChI=1S/C16H26N2O2/c1-11(2)7-10-18-14(19)13(12-5-6-12)17-15(20)16(18)8-3-4-9-16/h11-13H,3-10H2,1-2H3,(H,17,20). The van der Waals surface area contributed by atoms with Gasteiger partial charge in [-0.25, -0.2) is 0 Å². The lowest BCUT2D eigenvalue weighted by Gasteiger charge is -2.46. The average molecular weight is 278 g/mol. The van der Waals surface area contributed by atoms with E-state index in [9.17, 15) is 9.59 Å². The van der Waals surface area contributed by atoms with Crippen molar-refractivity contribution >= 4 is 11.8 Å². The molecule has 1 unspecified atom stereocenters. The Hall–Kier alpha value is -1.06. The quantitative estimate of drug-likeness (QED) is 0.856. The Kier molecular flexibility index (Phi) is 3.51. The van der Waals surface area contributed by atoms with Gasteiger partial charge in [0.2, 0.25) is 11.8 Å². The molecule has 2 saturated carbocycles. The SMILES string of the molecule is CC(C)CCN1C(=O)C(C2CC2)NC(=O)C12CCCC2. The van der Waals surface area contributed by atoms with Gasteiger partial charge in [-0.05, 0) is 43.9 Å². The van der Waals surface area contributed by atoms with Gasteiger partial charge in [-0.3, -0.25) is 9.59 Å². The molecule has 0 aromatic carbocycles. The van der Waals surface area contributed by atoms with Crippen molar-refractivity contribution in [3.05, 3.63) is 0 Å². The van der Waals surface area contributed by atoms with Gasteiger partial charge in [-0.2, -0.15) is 0 Å². The molecule has 1 spiro atoms. The molecule has 1 saturated heterocycles. The van der Waals surface area contributed by atoms with Crippen LogP contribution in [0.4, 0.5) is 0 Å². The van der Waals surface area contributed by atoms with E-state index < -0.39 is 5.54 Å². The van der Waals surface area contributed by atoms with Gasteiger partial charge in [0.1, 0.15) is 11.6 Å². The van der Waals surface area contributed by atoms with Gasteiger partial charge in [0.15, 0.2) is 0 Å². The van der Waals surface area contributed by atoms with Gasteiger partial charge in [-0.1, -0.05) is 26.7 Å². The fourth-order valence-corrected chi connectivity index (χ4v) is 3.76. The molecular weight excluding hydrogens is 252 g/mol. The van der Waals surface area contributed by atoms with Crippen LogP contribution in [0, 0.1) is 11.8 Å². The van der Waals surface area contributed by atoms with Crippen molar-refractivity contribution in [3.8, 4) is 0 Å². The fourth-order valence-electron chi connectivity index (χ4n) is 3.76. The first-order valence-corrected chi connectivity index (χ1v) is 8.17. The van der Waals surface area contributed by atoms with E-state index in [-0.39, 0.29) is 17.9 Å². The molecule has 0 radical (unpaired) electrons. The predicted molar refractivity (Wildman–Crippen MR) is 77.0 cm³/mol. The number of nitrogens with one attached hydrogen (secondary N) is 1. The minimum atomic E-state index is -0.517. The summed E-state index contributed by atoms with van der Waals surface area (Å²) < 4.78 is 0. The third kappa shape index (κ3) is 2.23. The summed E-state index contributed by atoms with van der Waals surface area (Å²) in [6.07, 6.45) is 6.97. The van der Waals surface area contributed by atoms with E-state index in [4.69, 9.17) is 0 Å². The Labute approximate surface area is 121 Å². The molecule has 0 bridgehead atoms. The van der Waals surface area contributed by atoms with E-state index in [0.717, 1.165) is 51.5 Å². The second-order valence-electron chi connectivity index (χ2n) is 7.20. The monoisotopic (exact) mass is 278 g/mol. The van der Waals surface area contributed by atoms with Gasteiger partial charge in [0, 0.05) is 6.54 Å². The van der Waals surface area contributed by atoms with Crippen LogP contribution in [0.1, 0.15) is 58.8 Å². The molecule has 1 atom stereocenters. The number of carbonyl (C=O) groups is 2. The molecule has 3 rings (SSSR count). The van der Waals surface area contributed by atoms with Gasteiger partial charge in [0.25, 0.3) is 0 Å². The van der Waals surface area contributed by atoms with Crippen LogP contribution >= 0.6 is 0 Å². The van der Waals surface area contributed by atoms with Crippen LogP contribution in [0.25, 0.3) is 0 Å². The van der Waals surface area contributed by atoms with Crippen LogP contribution in [0.3, 0.4) is 0 Å². The van der Waals surface area contributed by atoms with Crippen molar-refractivity contribution in [2.24, 2.45) is 11.8 Å². The molecule has 1 heterocycles. The molecule has 3 aliphatic rings. The van der Waals surface area contributed by atoms with E-state index >= 15 is 0 Å². The predicted octanol–water partition coefficient (Wildman–Crippen LogP) is 2.08. The number of hydrogen-bond acceptors (Lipinski definition) is 2. The molecule has 1 aliphatic heterocycles. The van der Waals surface area contributed by atoms with Crippen LogP contribution < -0.4 is 5.32 Å². The van der Waals surface area contributed by atoms with E-state index in [1.165, 1.54) is 0 Å². The molecule has 0 aromatic heterocycles. The number of piperazine rings is 1. The first kappa shape index (κ1) is 13.9. The fraction of sp³-hybridized carbons (Fsp3) is 0.875. The zero-order chi connectivity index (χ0) is 14.3. The van der Waals surface area contributed by atoms with Crippen LogP contribution in [0.15, 0.2) is 0 Å². The van der Waals surface area contributed by atoms with Crippen LogP contribution in [0.2, 0.25) is 0 Å². The van der Waals surface area contributed by atoms with Crippen LogP contribution in [0.5, 0.6) is 0 Å². The summed E-state index contributed by atoms with van der Waals surface area (Å²) in [5, 5.41) is 3.05. The van der Waals surface area contributed by atoms with Gasteiger partial charge >= 0.3 is 0 Å². The summed E-state index contributed by atoms with van der Waals surface area (Å²) in [6, 6.07) is -0.235. The number of hydrogen-bond donors (Lipinski definition) is 1. The van der Waals surface area contributed by atoms with Crippen molar-refractivity contribution < 1.29 is 9.59 Å². The smallest absolute Gasteiger partial charge is 0.246 e. The highest BCUT2D eigenvalue weighted by atomic mass is 16.2. The molecule has 4 heteroatoms. The summed E-state index contributed by atoms with van der Waals surface area (Å²) in [5.41, 5.74) is -0.517. The lowest BCUT2D eigenvalue weighted by atomic mass is 9.88. The summed E-state index contributed by atoms with van der Waals surface area (Å²) in [7, 11) is 0. The van der Waals surface area contributed by atoms with Gasteiger partial charge in [-0.15, -0.1) is 0 Å². The topological polar surface area (TPSA) is 49.4 Å². The number of carbonyl (C=O) groups excluding carboxylic acids is 2. The number of amides is 2. The Morgan fingerprint density at radius 1 is 1.25 bits per heavy atom. The molecule has 0 aromatic rings. The minimum Gasteiger partial charge on any atom is -0.342 e. The van der Waals surface area contributed by atoms with Gasteiger partial charge in [0.05, 0.1) is 0 Å². The van der Waals surface area contributed by atoms with Crippen molar-refractivity contribution in [3.63, 3.8) is 0 Å². The maximum atomic E-state index is 12.8. The zero-order valence-electron chi connectivity index (χ0n) is 12.7. The lowest BCUT2D eigenvalue weighted by molar-refractivity contribution is -0.158. The number of rotatable bonds is 4. The second kappa shape index (κ2) is 5.05. The van der Waals surface area contributed by atoms with E-state index in [2.05, 4.69) is 19.2 Å². The Morgan fingerprint density at radius 2 is 1.90 bits per heavy atom. The molecule has 112 valence electrons. The summed E-state index contributed by atoms with van der Waals surface area (Å²) in [5.74, 6) is 1.27. The molecule has 2 aliphatic carbocycles. The largest absolute Gasteiger partial charge is 0.342 e. The summed E-state index contributed by atoms with van der Waals surface area (Å²) in [6.45, 7) is 5.09. The average Bonchev–Trinajstić information content (AvgIpc) is 3.12. The third-order valence-electron chi connectivity index (χ3n) is 5.21. The highest BCUT2D eigenvalue weighted by Gasteiger charge is 2.55.